The van der Waals surface area contributed by atoms with Crippen molar-refractivity contribution in [1.82, 2.24) is 4.57 Å². The van der Waals surface area contributed by atoms with Crippen LogP contribution in [0.2, 0.25) is 0 Å². The highest BCUT2D eigenvalue weighted by atomic mass is 19.4. The smallest absolute Gasteiger partial charge is 0.416 e. The van der Waals surface area contributed by atoms with E-state index in [9.17, 15) is 28.1 Å². The lowest BCUT2D eigenvalue weighted by molar-refractivity contribution is -0.385. The third-order valence-electron chi connectivity index (χ3n) is 3.09. The van der Waals surface area contributed by atoms with Crippen LogP contribution in [-0.2, 0) is 17.5 Å². The molecule has 1 aromatic carbocycles. The Bertz CT molecular complexity index is 865. The Morgan fingerprint density at radius 2 is 2.00 bits per heavy atom. The molecule has 0 aliphatic heterocycles. The van der Waals surface area contributed by atoms with Crippen LogP contribution in [0.5, 0.6) is 0 Å². The average molecular weight is 339 g/mol. The zero-order valence-corrected chi connectivity index (χ0v) is 11.7. The van der Waals surface area contributed by atoms with Gasteiger partial charge in [0.15, 0.2) is 0 Å². The van der Waals surface area contributed by atoms with E-state index in [1.165, 1.54) is 0 Å². The van der Waals surface area contributed by atoms with Crippen LogP contribution in [0.1, 0.15) is 11.1 Å². The van der Waals surface area contributed by atoms with Gasteiger partial charge in [-0.25, -0.2) is 0 Å². The number of benzene rings is 1. The quantitative estimate of drug-likeness (QED) is 0.680. The van der Waals surface area contributed by atoms with Crippen molar-refractivity contribution in [3.63, 3.8) is 0 Å². The van der Waals surface area contributed by atoms with E-state index < -0.39 is 34.9 Å². The summed E-state index contributed by atoms with van der Waals surface area (Å²) in [6.45, 7) is -0.504. The average Bonchev–Trinajstić information content (AvgIpc) is 2.88. The van der Waals surface area contributed by atoms with E-state index in [4.69, 9.17) is 10.4 Å². The Morgan fingerprint density at radius 3 is 2.50 bits per heavy atom. The highest BCUT2D eigenvalue weighted by molar-refractivity contribution is 5.74. The number of carboxylic acids is 1. The van der Waals surface area contributed by atoms with Crippen LogP contribution < -0.4 is 0 Å². The molecule has 10 heteroatoms. The zero-order valence-electron chi connectivity index (χ0n) is 11.7. The van der Waals surface area contributed by atoms with Crippen molar-refractivity contribution in [2.24, 2.45) is 0 Å². The fourth-order valence-corrected chi connectivity index (χ4v) is 2.11. The summed E-state index contributed by atoms with van der Waals surface area (Å²) in [5.41, 5.74) is -2.33. The monoisotopic (exact) mass is 339 g/mol. The molecular weight excluding hydrogens is 331 g/mol. The van der Waals surface area contributed by atoms with Crippen molar-refractivity contribution in [3.05, 3.63) is 51.8 Å². The second kappa shape index (κ2) is 6.04. The van der Waals surface area contributed by atoms with Crippen LogP contribution in [-0.4, -0.2) is 20.6 Å². The predicted octanol–water partition coefficient (Wildman–Crippen LogP) is 3.04. The van der Waals surface area contributed by atoms with Gasteiger partial charge in [0.1, 0.15) is 12.6 Å². The SMILES string of the molecule is N#Cc1cn(CC(=O)O)cc1-c1cc([N+](=O)[O-])cc(C(F)(F)F)c1. The molecule has 0 radical (unpaired) electrons. The largest absolute Gasteiger partial charge is 0.480 e. The minimum absolute atomic E-state index is 0.0204. The third kappa shape index (κ3) is 3.52. The fraction of sp³-hybridized carbons (Fsp3) is 0.143. The number of aromatic nitrogens is 1. The summed E-state index contributed by atoms with van der Waals surface area (Å²) in [5.74, 6) is -1.21. The van der Waals surface area contributed by atoms with Gasteiger partial charge in [-0.15, -0.1) is 0 Å². The first-order valence-electron chi connectivity index (χ1n) is 6.30. The van der Waals surface area contributed by atoms with Crippen molar-refractivity contribution >= 4 is 11.7 Å². The number of carbonyl (C=O) groups is 1. The summed E-state index contributed by atoms with van der Waals surface area (Å²) in [5, 5.41) is 28.7. The Morgan fingerprint density at radius 1 is 1.33 bits per heavy atom. The summed E-state index contributed by atoms with van der Waals surface area (Å²) in [4.78, 5) is 20.6. The van der Waals surface area contributed by atoms with E-state index in [1.807, 2.05) is 0 Å². The van der Waals surface area contributed by atoms with E-state index in [0.29, 0.717) is 12.1 Å². The molecule has 1 heterocycles. The first-order chi connectivity index (χ1) is 11.1. The number of hydrogen-bond donors (Lipinski definition) is 1. The van der Waals surface area contributed by atoms with Crippen molar-refractivity contribution < 1.29 is 28.0 Å². The molecule has 0 fully saturated rings. The van der Waals surface area contributed by atoms with Gasteiger partial charge in [-0.05, 0) is 11.6 Å². The molecule has 0 aliphatic rings. The Balaban J connectivity index is 2.65. The summed E-state index contributed by atoms with van der Waals surface area (Å²) in [6.07, 6.45) is -2.50. The Hall–Kier alpha value is -3.35. The van der Waals surface area contributed by atoms with Crippen molar-refractivity contribution in [1.29, 1.82) is 5.26 Å². The summed E-state index contributed by atoms with van der Waals surface area (Å²) >= 11 is 0. The lowest BCUT2D eigenvalue weighted by Crippen LogP contribution is -2.06. The number of carboxylic acid groups (broad SMARTS) is 1. The molecule has 0 aliphatic carbocycles. The number of non-ortho nitro benzene ring substituents is 1. The van der Waals surface area contributed by atoms with Crippen molar-refractivity contribution in [2.45, 2.75) is 12.7 Å². The zero-order chi connectivity index (χ0) is 18.1. The number of nitrogens with zero attached hydrogens (tertiary/aromatic N) is 3. The van der Waals surface area contributed by atoms with Gasteiger partial charge < -0.3 is 9.67 Å². The second-order valence-electron chi connectivity index (χ2n) is 4.79. The molecule has 1 N–H and O–H groups in total. The number of nitro benzene ring substituents is 1. The van der Waals surface area contributed by atoms with Gasteiger partial charge in [0.05, 0.1) is 16.1 Å². The van der Waals surface area contributed by atoms with Gasteiger partial charge >= 0.3 is 12.1 Å². The maximum Gasteiger partial charge on any atom is 0.416 e. The number of nitriles is 1. The Kier molecular flexibility index (Phi) is 4.28. The second-order valence-corrected chi connectivity index (χ2v) is 4.79. The molecule has 0 saturated carbocycles. The van der Waals surface area contributed by atoms with Crippen LogP contribution in [0.15, 0.2) is 30.6 Å². The number of alkyl halides is 3. The summed E-state index contributed by atoms with van der Waals surface area (Å²) in [6, 6.07) is 3.70. The molecule has 2 aromatic rings. The normalized spacial score (nSPS) is 11.1. The summed E-state index contributed by atoms with van der Waals surface area (Å²) < 4.78 is 39.8. The first kappa shape index (κ1) is 17.0. The molecule has 1 aromatic heterocycles. The van der Waals surface area contributed by atoms with Crippen LogP contribution in [0.25, 0.3) is 11.1 Å². The third-order valence-corrected chi connectivity index (χ3v) is 3.09. The van der Waals surface area contributed by atoms with Gasteiger partial charge in [0.2, 0.25) is 0 Å². The van der Waals surface area contributed by atoms with Gasteiger partial charge in [-0.1, -0.05) is 0 Å². The molecule has 0 unspecified atom stereocenters. The van der Waals surface area contributed by atoms with Crippen LogP contribution in [0.4, 0.5) is 18.9 Å². The van der Waals surface area contributed by atoms with E-state index in [0.717, 1.165) is 23.0 Å². The molecule has 0 amide bonds. The first-order valence-corrected chi connectivity index (χ1v) is 6.30. The van der Waals surface area contributed by atoms with Crippen molar-refractivity contribution in [3.8, 4) is 17.2 Å². The lowest BCUT2D eigenvalue weighted by atomic mass is 10.0. The van der Waals surface area contributed by atoms with Gasteiger partial charge in [0.25, 0.3) is 5.69 Å². The molecule has 24 heavy (non-hydrogen) atoms. The van der Waals surface area contributed by atoms with Crippen LogP contribution >= 0.6 is 0 Å². The molecule has 0 bridgehead atoms. The molecule has 0 spiro atoms. The van der Waals surface area contributed by atoms with Gasteiger partial charge in [-0.3, -0.25) is 14.9 Å². The van der Waals surface area contributed by atoms with Crippen LogP contribution in [0, 0.1) is 21.4 Å². The highest BCUT2D eigenvalue weighted by Crippen LogP contribution is 2.36. The minimum Gasteiger partial charge on any atom is -0.480 e. The summed E-state index contributed by atoms with van der Waals surface area (Å²) in [7, 11) is 0. The van der Waals surface area contributed by atoms with Gasteiger partial charge in [-0.2, -0.15) is 18.4 Å². The number of nitro groups is 1. The topological polar surface area (TPSA) is 109 Å². The number of aliphatic carboxylic acids is 1. The highest BCUT2D eigenvalue weighted by Gasteiger charge is 2.33. The predicted molar refractivity (Wildman–Crippen MR) is 73.9 cm³/mol. The van der Waals surface area contributed by atoms with E-state index in [2.05, 4.69) is 0 Å². The minimum atomic E-state index is -4.81. The molecule has 0 saturated heterocycles. The Labute approximate surface area is 132 Å². The van der Waals surface area contributed by atoms with E-state index in [1.54, 1.807) is 6.07 Å². The van der Waals surface area contributed by atoms with Crippen molar-refractivity contribution in [2.75, 3.05) is 0 Å². The number of hydrogen-bond acceptors (Lipinski definition) is 4. The molecule has 0 atom stereocenters. The fourth-order valence-electron chi connectivity index (χ4n) is 2.11. The lowest BCUT2D eigenvalue weighted by Gasteiger charge is -2.09. The molecule has 124 valence electrons. The maximum atomic E-state index is 12.9. The number of halogens is 3. The van der Waals surface area contributed by atoms with Crippen LogP contribution in [0.3, 0.4) is 0 Å². The van der Waals surface area contributed by atoms with Gasteiger partial charge in [0, 0.05) is 30.1 Å². The molecule has 7 nitrogen and oxygen atoms in total. The maximum absolute atomic E-state index is 12.9. The van der Waals surface area contributed by atoms with E-state index >= 15 is 0 Å². The molecule has 2 rings (SSSR count). The standard InChI is InChI=1S/C14H8F3N3O4/c15-14(16,17)10-1-8(2-11(3-10)20(23)24)12-6-19(7-13(21)22)5-9(12)4-18/h1-3,5-6H,7H2,(H,21,22). The van der Waals surface area contributed by atoms with E-state index in [-0.39, 0.29) is 16.7 Å². The molecular formula is C14H8F3N3O4. The number of rotatable bonds is 4.